The summed E-state index contributed by atoms with van der Waals surface area (Å²) >= 11 is 0. The topological polar surface area (TPSA) is 82.1 Å². The zero-order valence-corrected chi connectivity index (χ0v) is 16.7. The Labute approximate surface area is 156 Å². The van der Waals surface area contributed by atoms with Crippen LogP contribution in [0.1, 0.15) is 56.2 Å². The van der Waals surface area contributed by atoms with Crippen molar-refractivity contribution in [3.8, 4) is 0 Å². The van der Waals surface area contributed by atoms with E-state index in [-0.39, 0.29) is 16.7 Å². The fraction of sp³-hybridized carbons (Fsp3) is 0.350. The summed E-state index contributed by atoms with van der Waals surface area (Å²) in [6.45, 7) is 10.1. The molecule has 0 unspecified atom stereocenters. The molecule has 0 aliphatic rings. The van der Waals surface area contributed by atoms with E-state index in [1.165, 1.54) is 0 Å². The maximum atomic E-state index is 12.6. The average Bonchev–Trinajstić information content (AvgIpc) is 2.54. The molecule has 0 saturated carbocycles. The number of hydrogen-bond donors (Lipinski definition) is 3. The molecule has 0 spiro atoms. The Kier molecular flexibility index (Phi) is 6.08. The monoisotopic (exact) mass is 373 g/mol. The first-order chi connectivity index (χ1) is 12.1. The summed E-state index contributed by atoms with van der Waals surface area (Å²) in [5.74, 6) is 0.447. The lowest BCUT2D eigenvalue weighted by Gasteiger charge is -2.20. The van der Waals surface area contributed by atoms with Gasteiger partial charge in [0.2, 0.25) is 0 Å². The SMILES string of the molecule is Cc1ccc([S@](=N)(=O)NC(=O)Nc2c(C(C)C)cccc2C(C)C)cc1. The number of amides is 2. The summed E-state index contributed by atoms with van der Waals surface area (Å²) in [6, 6.07) is 12.0. The highest BCUT2D eigenvalue weighted by Crippen LogP contribution is 2.32. The number of carbonyl (C=O) groups excluding carboxylic acids is 1. The largest absolute Gasteiger partial charge is 0.331 e. The second-order valence-electron chi connectivity index (χ2n) is 7.05. The summed E-state index contributed by atoms with van der Waals surface area (Å²) in [6.07, 6.45) is 0. The van der Waals surface area contributed by atoms with Crippen LogP contribution in [-0.4, -0.2) is 10.2 Å². The zero-order valence-electron chi connectivity index (χ0n) is 15.9. The van der Waals surface area contributed by atoms with Gasteiger partial charge < -0.3 is 5.32 Å². The van der Waals surface area contributed by atoms with Gasteiger partial charge in [-0.2, -0.15) is 0 Å². The van der Waals surface area contributed by atoms with E-state index in [4.69, 9.17) is 4.78 Å². The van der Waals surface area contributed by atoms with Gasteiger partial charge in [-0.15, -0.1) is 0 Å². The smallest absolute Gasteiger partial charge is 0.307 e. The minimum Gasteiger partial charge on any atom is -0.307 e. The molecule has 3 N–H and O–H groups in total. The van der Waals surface area contributed by atoms with Crippen LogP contribution in [0.3, 0.4) is 0 Å². The predicted molar refractivity (Wildman–Crippen MR) is 107 cm³/mol. The molecule has 0 fully saturated rings. The van der Waals surface area contributed by atoms with Crippen LogP contribution in [0, 0.1) is 11.7 Å². The fourth-order valence-corrected chi connectivity index (χ4v) is 3.70. The molecule has 2 aromatic rings. The molecule has 2 amide bonds. The minimum absolute atomic E-state index is 0.224. The molecule has 1 atom stereocenters. The Bertz CT molecular complexity index is 860. The van der Waals surface area contributed by atoms with Crippen molar-refractivity contribution in [2.45, 2.75) is 51.3 Å². The molecule has 5 nitrogen and oxygen atoms in total. The molecule has 0 aliphatic heterocycles. The van der Waals surface area contributed by atoms with Gasteiger partial charge in [-0.3, -0.25) is 0 Å². The molecule has 6 heteroatoms. The Balaban J connectivity index is 2.29. The maximum Gasteiger partial charge on any atom is 0.331 e. The van der Waals surface area contributed by atoms with Gasteiger partial charge in [0.15, 0.2) is 9.92 Å². The summed E-state index contributed by atoms with van der Waals surface area (Å²) in [5.41, 5.74) is 3.76. The normalized spacial score (nSPS) is 13.5. The van der Waals surface area contributed by atoms with E-state index in [2.05, 4.69) is 37.7 Å². The summed E-state index contributed by atoms with van der Waals surface area (Å²) in [5, 5.41) is 2.83. The summed E-state index contributed by atoms with van der Waals surface area (Å²) in [7, 11) is -3.42. The van der Waals surface area contributed by atoms with Crippen LogP contribution < -0.4 is 10.0 Å². The second-order valence-corrected chi connectivity index (χ2v) is 8.83. The molecule has 0 bridgehead atoms. The maximum absolute atomic E-state index is 12.6. The van der Waals surface area contributed by atoms with Crippen LogP contribution in [-0.2, 0) is 9.92 Å². The van der Waals surface area contributed by atoms with Crippen molar-refractivity contribution in [1.29, 1.82) is 4.78 Å². The first-order valence-electron chi connectivity index (χ1n) is 8.69. The van der Waals surface area contributed by atoms with Gasteiger partial charge in [0.1, 0.15) is 0 Å². The number of aryl methyl sites for hydroxylation is 1. The number of benzene rings is 2. The molecular weight excluding hydrogens is 346 g/mol. The van der Waals surface area contributed by atoms with Gasteiger partial charge >= 0.3 is 6.03 Å². The highest BCUT2D eigenvalue weighted by molar-refractivity contribution is 7.91. The number of rotatable bonds is 5. The summed E-state index contributed by atoms with van der Waals surface area (Å²) < 4.78 is 23.0. The predicted octanol–water partition coefficient (Wildman–Crippen LogP) is 5.38. The molecule has 0 aliphatic carbocycles. The van der Waals surface area contributed by atoms with Crippen molar-refractivity contribution in [1.82, 2.24) is 4.72 Å². The molecule has 0 heterocycles. The van der Waals surface area contributed by atoms with Gasteiger partial charge in [0.25, 0.3) is 0 Å². The van der Waals surface area contributed by atoms with Crippen molar-refractivity contribution < 1.29 is 9.00 Å². The Hall–Kier alpha value is -2.34. The van der Waals surface area contributed by atoms with Crippen molar-refractivity contribution in [2.75, 3.05) is 5.32 Å². The lowest BCUT2D eigenvalue weighted by Crippen LogP contribution is -2.34. The standard InChI is InChI=1S/C20H27N3O2S/c1-13(2)17-7-6-8-18(14(3)4)19(17)22-20(24)23-26(21,25)16-11-9-15(5)10-12-16/h6-14H,1-5H3,(H3,21,22,23,24,25)/t26-/m1/s1. The highest BCUT2D eigenvalue weighted by Gasteiger charge is 2.19. The average molecular weight is 374 g/mol. The quantitative estimate of drug-likeness (QED) is 0.657. The van der Waals surface area contributed by atoms with Gasteiger partial charge in [-0.05, 0) is 42.0 Å². The van der Waals surface area contributed by atoms with E-state index in [0.29, 0.717) is 0 Å². The first-order valence-corrected chi connectivity index (χ1v) is 10.2. The van der Waals surface area contributed by atoms with Crippen LogP contribution in [0.2, 0.25) is 0 Å². The van der Waals surface area contributed by atoms with Crippen molar-refractivity contribution in [3.05, 3.63) is 59.2 Å². The van der Waals surface area contributed by atoms with Gasteiger partial charge in [0.05, 0.1) is 4.90 Å². The Morgan fingerprint density at radius 2 is 1.46 bits per heavy atom. The number of carbonyl (C=O) groups is 1. The highest BCUT2D eigenvalue weighted by atomic mass is 32.2. The minimum atomic E-state index is -3.42. The molecular formula is C20H27N3O2S. The Morgan fingerprint density at radius 3 is 1.92 bits per heavy atom. The number of nitrogens with one attached hydrogen (secondary N) is 3. The lowest BCUT2D eigenvalue weighted by molar-refractivity contribution is 0.256. The van der Waals surface area contributed by atoms with Gasteiger partial charge in [-0.25, -0.2) is 18.5 Å². The second kappa shape index (κ2) is 7.91. The molecule has 0 aromatic heterocycles. The molecule has 0 saturated heterocycles. The van der Waals surface area contributed by atoms with E-state index in [0.717, 1.165) is 22.4 Å². The van der Waals surface area contributed by atoms with Crippen molar-refractivity contribution in [2.24, 2.45) is 0 Å². The van der Waals surface area contributed by atoms with Crippen LogP contribution in [0.25, 0.3) is 0 Å². The lowest BCUT2D eigenvalue weighted by atomic mass is 9.93. The van der Waals surface area contributed by atoms with Crippen LogP contribution >= 0.6 is 0 Å². The Morgan fingerprint density at radius 1 is 0.962 bits per heavy atom. The van der Waals surface area contributed by atoms with Crippen LogP contribution in [0.5, 0.6) is 0 Å². The molecule has 2 aromatic carbocycles. The summed E-state index contributed by atoms with van der Waals surface area (Å²) in [4.78, 5) is 12.8. The van der Waals surface area contributed by atoms with Crippen molar-refractivity contribution in [3.63, 3.8) is 0 Å². The van der Waals surface area contributed by atoms with Gasteiger partial charge in [-0.1, -0.05) is 63.6 Å². The fourth-order valence-electron chi connectivity index (χ4n) is 2.75. The van der Waals surface area contributed by atoms with E-state index < -0.39 is 15.9 Å². The van der Waals surface area contributed by atoms with Gasteiger partial charge in [0, 0.05) is 5.69 Å². The zero-order chi connectivity index (χ0) is 19.5. The first kappa shape index (κ1) is 20.0. The van der Waals surface area contributed by atoms with E-state index in [1.807, 2.05) is 25.1 Å². The van der Waals surface area contributed by atoms with E-state index >= 15 is 0 Å². The van der Waals surface area contributed by atoms with Crippen LogP contribution in [0.15, 0.2) is 47.4 Å². The molecule has 0 radical (unpaired) electrons. The number of urea groups is 1. The molecule has 2 rings (SSSR count). The molecule has 140 valence electrons. The third-order valence-corrected chi connectivity index (χ3v) is 5.61. The molecule has 26 heavy (non-hydrogen) atoms. The third-order valence-electron chi connectivity index (χ3n) is 4.20. The van der Waals surface area contributed by atoms with Crippen LogP contribution in [0.4, 0.5) is 10.5 Å². The van der Waals surface area contributed by atoms with E-state index in [9.17, 15) is 9.00 Å². The number of para-hydroxylation sites is 1. The van der Waals surface area contributed by atoms with Crippen molar-refractivity contribution >= 4 is 21.6 Å². The third kappa shape index (κ3) is 4.64. The number of hydrogen-bond acceptors (Lipinski definition) is 3. The van der Waals surface area contributed by atoms with E-state index in [1.54, 1.807) is 24.3 Å². The number of anilines is 1.